The third-order valence-corrected chi connectivity index (χ3v) is 3.70. The van der Waals surface area contributed by atoms with Crippen LogP contribution in [0.5, 0.6) is 0 Å². The van der Waals surface area contributed by atoms with Crippen molar-refractivity contribution in [1.82, 2.24) is 9.78 Å². The molecule has 3 nitrogen and oxygen atoms in total. The third kappa shape index (κ3) is 2.38. The van der Waals surface area contributed by atoms with Crippen LogP contribution in [0.25, 0.3) is 0 Å². The fourth-order valence-electron chi connectivity index (χ4n) is 1.84. The highest BCUT2D eigenvalue weighted by molar-refractivity contribution is 9.10. The summed E-state index contributed by atoms with van der Waals surface area (Å²) in [4.78, 5) is 12.4. The number of rotatable bonds is 3. The minimum absolute atomic E-state index is 0.0109. The minimum Gasteiger partial charge on any atom is -0.287 e. The van der Waals surface area contributed by atoms with Gasteiger partial charge in [0, 0.05) is 22.3 Å². The number of carbonyl (C=O) groups excluding carboxylic acids is 1. The summed E-state index contributed by atoms with van der Waals surface area (Å²) in [5.41, 5.74) is 2.38. The molecule has 1 heterocycles. The first-order valence-electron chi connectivity index (χ1n) is 5.85. The number of aryl methyl sites for hydroxylation is 1. The molecule has 1 aromatic heterocycles. The molecule has 0 amide bonds. The number of carbonyl (C=O) groups is 1. The van der Waals surface area contributed by atoms with Crippen molar-refractivity contribution in [2.75, 3.05) is 0 Å². The topological polar surface area (TPSA) is 34.9 Å². The van der Waals surface area contributed by atoms with E-state index in [0.29, 0.717) is 11.3 Å². The number of benzene rings is 1. The summed E-state index contributed by atoms with van der Waals surface area (Å²) in [5.74, 6) is 0.0109. The van der Waals surface area contributed by atoms with Gasteiger partial charge in [-0.1, -0.05) is 15.9 Å². The quantitative estimate of drug-likeness (QED) is 0.809. The molecule has 4 heteroatoms. The van der Waals surface area contributed by atoms with Crippen molar-refractivity contribution >= 4 is 21.7 Å². The zero-order valence-corrected chi connectivity index (χ0v) is 12.2. The predicted molar refractivity (Wildman–Crippen MR) is 74.9 cm³/mol. The Kier molecular flexibility index (Phi) is 3.66. The molecule has 2 rings (SSSR count). The smallest absolute Gasteiger partial charge is 0.211 e. The monoisotopic (exact) mass is 306 g/mol. The predicted octanol–water partition coefficient (Wildman–Crippen LogP) is 3.77. The molecule has 1 aromatic carbocycles. The molecule has 0 N–H and O–H groups in total. The van der Waals surface area contributed by atoms with Gasteiger partial charge < -0.3 is 0 Å². The SMILES string of the molecule is Cc1cc(C(=O)c2ccnn2C(C)C)ccc1Br. The van der Waals surface area contributed by atoms with Crippen LogP contribution >= 0.6 is 15.9 Å². The molecule has 0 spiro atoms. The third-order valence-electron chi connectivity index (χ3n) is 2.81. The summed E-state index contributed by atoms with van der Waals surface area (Å²) in [6.45, 7) is 5.99. The van der Waals surface area contributed by atoms with Crippen LogP contribution in [0.3, 0.4) is 0 Å². The van der Waals surface area contributed by atoms with Crippen molar-refractivity contribution < 1.29 is 4.79 Å². The normalized spacial score (nSPS) is 10.9. The van der Waals surface area contributed by atoms with Gasteiger partial charge in [0.1, 0.15) is 5.69 Å². The van der Waals surface area contributed by atoms with Crippen molar-refractivity contribution in [2.24, 2.45) is 0 Å². The molecule has 0 aliphatic carbocycles. The van der Waals surface area contributed by atoms with Crippen molar-refractivity contribution in [3.05, 3.63) is 51.8 Å². The van der Waals surface area contributed by atoms with E-state index in [0.717, 1.165) is 10.0 Å². The fourth-order valence-corrected chi connectivity index (χ4v) is 2.09. The Hall–Kier alpha value is -1.42. The number of aromatic nitrogens is 2. The van der Waals surface area contributed by atoms with Crippen LogP contribution in [0.1, 0.15) is 41.5 Å². The Morgan fingerprint density at radius 2 is 2.06 bits per heavy atom. The van der Waals surface area contributed by atoms with E-state index >= 15 is 0 Å². The Labute approximate surface area is 115 Å². The van der Waals surface area contributed by atoms with E-state index in [4.69, 9.17) is 0 Å². The molecular formula is C14H15BrN2O. The molecule has 0 aliphatic rings. The highest BCUT2D eigenvalue weighted by Gasteiger charge is 2.16. The second-order valence-electron chi connectivity index (χ2n) is 4.55. The van der Waals surface area contributed by atoms with E-state index < -0.39 is 0 Å². The molecule has 94 valence electrons. The van der Waals surface area contributed by atoms with Crippen molar-refractivity contribution in [2.45, 2.75) is 26.8 Å². The lowest BCUT2D eigenvalue weighted by atomic mass is 10.1. The molecule has 0 bridgehead atoms. The molecule has 0 saturated carbocycles. The lowest BCUT2D eigenvalue weighted by Gasteiger charge is -2.10. The molecule has 0 fully saturated rings. The molecule has 0 aliphatic heterocycles. The largest absolute Gasteiger partial charge is 0.287 e. The first-order valence-corrected chi connectivity index (χ1v) is 6.64. The van der Waals surface area contributed by atoms with Crippen LogP contribution in [0, 0.1) is 6.92 Å². The lowest BCUT2D eigenvalue weighted by molar-refractivity contribution is 0.102. The van der Waals surface area contributed by atoms with E-state index in [9.17, 15) is 4.79 Å². The van der Waals surface area contributed by atoms with E-state index in [1.54, 1.807) is 16.9 Å². The van der Waals surface area contributed by atoms with Crippen LogP contribution in [0.15, 0.2) is 34.9 Å². The number of hydrogen-bond donors (Lipinski definition) is 0. The second-order valence-corrected chi connectivity index (χ2v) is 5.40. The van der Waals surface area contributed by atoms with Gasteiger partial charge in [0.25, 0.3) is 0 Å². The average Bonchev–Trinajstić information content (AvgIpc) is 2.81. The molecule has 18 heavy (non-hydrogen) atoms. The van der Waals surface area contributed by atoms with Crippen LogP contribution < -0.4 is 0 Å². The Bertz CT molecular complexity index is 587. The Morgan fingerprint density at radius 3 is 2.67 bits per heavy atom. The van der Waals surface area contributed by atoms with Gasteiger partial charge >= 0.3 is 0 Å². The summed E-state index contributed by atoms with van der Waals surface area (Å²) in [6, 6.07) is 7.56. The van der Waals surface area contributed by atoms with Crippen molar-refractivity contribution in [3.63, 3.8) is 0 Å². The maximum atomic E-state index is 12.4. The highest BCUT2D eigenvalue weighted by Crippen LogP contribution is 2.20. The van der Waals surface area contributed by atoms with Gasteiger partial charge in [0.15, 0.2) is 0 Å². The lowest BCUT2D eigenvalue weighted by Crippen LogP contribution is -2.13. The van der Waals surface area contributed by atoms with Gasteiger partial charge in [0.05, 0.1) is 0 Å². The van der Waals surface area contributed by atoms with E-state index in [2.05, 4.69) is 21.0 Å². The van der Waals surface area contributed by atoms with Gasteiger partial charge in [-0.15, -0.1) is 0 Å². The summed E-state index contributed by atoms with van der Waals surface area (Å²) >= 11 is 3.44. The minimum atomic E-state index is 0.0109. The zero-order valence-electron chi connectivity index (χ0n) is 10.6. The van der Waals surface area contributed by atoms with Gasteiger partial charge in [0.2, 0.25) is 5.78 Å². The van der Waals surface area contributed by atoms with Crippen molar-refractivity contribution in [3.8, 4) is 0 Å². The van der Waals surface area contributed by atoms with Crippen LogP contribution in [-0.2, 0) is 0 Å². The van der Waals surface area contributed by atoms with Crippen molar-refractivity contribution in [1.29, 1.82) is 0 Å². The average molecular weight is 307 g/mol. The van der Waals surface area contributed by atoms with E-state index in [1.165, 1.54) is 0 Å². The number of hydrogen-bond acceptors (Lipinski definition) is 2. The maximum Gasteiger partial charge on any atom is 0.211 e. The van der Waals surface area contributed by atoms with Crippen LogP contribution in [0.2, 0.25) is 0 Å². The van der Waals surface area contributed by atoms with Gasteiger partial charge in [-0.3, -0.25) is 9.48 Å². The first-order chi connectivity index (χ1) is 8.50. The standard InChI is InChI=1S/C14H15BrN2O/c1-9(2)17-13(6-7-16-17)14(18)11-4-5-12(15)10(3)8-11/h4-9H,1-3H3. The summed E-state index contributed by atoms with van der Waals surface area (Å²) in [7, 11) is 0. The molecule has 0 atom stereocenters. The highest BCUT2D eigenvalue weighted by atomic mass is 79.9. The van der Waals surface area contributed by atoms with E-state index in [1.807, 2.05) is 39.0 Å². The number of ketones is 1. The maximum absolute atomic E-state index is 12.4. The van der Waals surface area contributed by atoms with Gasteiger partial charge in [-0.25, -0.2) is 0 Å². The number of halogens is 1. The molecule has 0 unspecified atom stereocenters. The van der Waals surface area contributed by atoms with Gasteiger partial charge in [-0.2, -0.15) is 5.10 Å². The summed E-state index contributed by atoms with van der Waals surface area (Å²) < 4.78 is 2.76. The first kappa shape index (κ1) is 13.0. The van der Waals surface area contributed by atoms with E-state index in [-0.39, 0.29) is 11.8 Å². The Morgan fingerprint density at radius 1 is 1.33 bits per heavy atom. The van der Waals surface area contributed by atoms with Gasteiger partial charge in [-0.05, 0) is 50.6 Å². The zero-order chi connectivity index (χ0) is 13.3. The Balaban J connectivity index is 2.42. The summed E-state index contributed by atoms with van der Waals surface area (Å²) in [6.07, 6.45) is 1.67. The van der Waals surface area contributed by atoms with Crippen LogP contribution in [0.4, 0.5) is 0 Å². The number of nitrogens with zero attached hydrogens (tertiary/aromatic N) is 2. The molecular weight excluding hydrogens is 292 g/mol. The second kappa shape index (κ2) is 5.06. The molecule has 2 aromatic rings. The fraction of sp³-hybridized carbons (Fsp3) is 0.286. The molecule has 0 saturated heterocycles. The molecule has 0 radical (unpaired) electrons. The van der Waals surface area contributed by atoms with Crippen LogP contribution in [-0.4, -0.2) is 15.6 Å². The summed E-state index contributed by atoms with van der Waals surface area (Å²) in [5, 5.41) is 4.19.